The molecule has 1 amide bonds. The van der Waals surface area contributed by atoms with Gasteiger partial charge in [-0.05, 0) is 49.1 Å². The van der Waals surface area contributed by atoms with Crippen molar-refractivity contribution in [2.24, 2.45) is 16.6 Å². The van der Waals surface area contributed by atoms with E-state index in [1.54, 1.807) is 18.2 Å². The van der Waals surface area contributed by atoms with Gasteiger partial charge in [0.1, 0.15) is 11.4 Å². The summed E-state index contributed by atoms with van der Waals surface area (Å²) in [5.41, 5.74) is 6.57. The molecule has 3 rings (SSSR count). The van der Waals surface area contributed by atoms with Gasteiger partial charge in [0.2, 0.25) is 5.96 Å². The number of primary amides is 1. The van der Waals surface area contributed by atoms with Crippen molar-refractivity contribution < 1.29 is 9.90 Å². The van der Waals surface area contributed by atoms with Crippen molar-refractivity contribution in [1.82, 2.24) is 5.32 Å². The predicted molar refractivity (Wildman–Crippen MR) is 94.7 cm³/mol. The standard InChI is InChI=1S/C18H24N4O2/c19-17(24)16-10-11-22(14-6-8-15(23)9-7-14)18(21-16)20-12-13-4-2-1-3-5-13/h6-10,13,23H,1-5,11-12H2,(H2,19,24)(H,20,21). The minimum atomic E-state index is -0.516. The average Bonchev–Trinajstić information content (AvgIpc) is 2.61. The second-order valence-corrected chi connectivity index (χ2v) is 6.40. The minimum Gasteiger partial charge on any atom is -0.508 e. The van der Waals surface area contributed by atoms with Crippen molar-refractivity contribution in [3.05, 3.63) is 36.0 Å². The predicted octanol–water partition coefficient (Wildman–Crippen LogP) is 2.11. The molecule has 6 heteroatoms. The fourth-order valence-electron chi connectivity index (χ4n) is 3.26. The molecule has 0 aromatic heterocycles. The number of anilines is 1. The number of phenolic OH excluding ortho intramolecular Hbond substituents is 1. The first-order valence-corrected chi connectivity index (χ1v) is 8.52. The quantitative estimate of drug-likeness (QED) is 0.789. The Morgan fingerprint density at radius 2 is 1.96 bits per heavy atom. The fourth-order valence-corrected chi connectivity index (χ4v) is 3.26. The molecule has 1 aliphatic heterocycles. The number of carbonyl (C=O) groups is 1. The van der Waals surface area contributed by atoms with Crippen LogP contribution in [0.2, 0.25) is 0 Å². The number of carbonyl (C=O) groups excluding carboxylic acids is 1. The average molecular weight is 328 g/mol. The molecule has 1 aromatic carbocycles. The maximum absolute atomic E-state index is 11.5. The Hall–Kier alpha value is -2.50. The molecular weight excluding hydrogens is 304 g/mol. The van der Waals surface area contributed by atoms with Crippen LogP contribution in [0.4, 0.5) is 5.69 Å². The van der Waals surface area contributed by atoms with Crippen LogP contribution in [0.5, 0.6) is 5.75 Å². The number of benzene rings is 1. The van der Waals surface area contributed by atoms with E-state index in [0.717, 1.165) is 12.2 Å². The van der Waals surface area contributed by atoms with Gasteiger partial charge in [0.15, 0.2) is 0 Å². The maximum Gasteiger partial charge on any atom is 0.267 e. The molecule has 2 aliphatic rings. The summed E-state index contributed by atoms with van der Waals surface area (Å²) in [6.45, 7) is 1.36. The van der Waals surface area contributed by atoms with E-state index < -0.39 is 5.91 Å². The molecule has 0 bridgehead atoms. The first kappa shape index (κ1) is 16.4. The summed E-state index contributed by atoms with van der Waals surface area (Å²) in [5.74, 6) is 0.990. The zero-order valence-corrected chi connectivity index (χ0v) is 13.7. The lowest BCUT2D eigenvalue weighted by atomic mass is 9.89. The summed E-state index contributed by atoms with van der Waals surface area (Å²) < 4.78 is 0. The van der Waals surface area contributed by atoms with E-state index in [1.165, 1.54) is 32.1 Å². The molecule has 1 fully saturated rings. The molecule has 1 aliphatic carbocycles. The summed E-state index contributed by atoms with van der Waals surface area (Å²) in [4.78, 5) is 17.8. The second-order valence-electron chi connectivity index (χ2n) is 6.40. The van der Waals surface area contributed by atoms with Crippen LogP contribution in [0.25, 0.3) is 0 Å². The van der Waals surface area contributed by atoms with Crippen LogP contribution in [0.3, 0.4) is 0 Å². The Morgan fingerprint density at radius 1 is 1.25 bits per heavy atom. The van der Waals surface area contributed by atoms with Gasteiger partial charge in [-0.3, -0.25) is 4.79 Å². The summed E-state index contributed by atoms with van der Waals surface area (Å²) in [7, 11) is 0. The maximum atomic E-state index is 11.5. The van der Waals surface area contributed by atoms with Crippen LogP contribution in [0.1, 0.15) is 32.1 Å². The van der Waals surface area contributed by atoms with E-state index in [1.807, 2.05) is 17.0 Å². The number of hydrogen-bond donors (Lipinski definition) is 3. The SMILES string of the molecule is NC(=O)C1=CCN(c2ccc(O)cc2)C(NCC2CCCCC2)=N1. The van der Waals surface area contributed by atoms with Crippen molar-refractivity contribution in [3.8, 4) is 5.75 Å². The number of rotatable bonds is 4. The first-order chi connectivity index (χ1) is 11.6. The van der Waals surface area contributed by atoms with E-state index in [4.69, 9.17) is 5.73 Å². The summed E-state index contributed by atoms with van der Waals surface area (Å²) >= 11 is 0. The molecular formula is C18H24N4O2. The van der Waals surface area contributed by atoms with Crippen molar-refractivity contribution in [2.45, 2.75) is 32.1 Å². The molecule has 128 valence electrons. The number of phenols is 1. The normalized spacial score (nSPS) is 18.8. The molecule has 0 unspecified atom stereocenters. The Balaban J connectivity index is 1.76. The van der Waals surface area contributed by atoms with Gasteiger partial charge < -0.3 is 21.1 Å². The van der Waals surface area contributed by atoms with Gasteiger partial charge >= 0.3 is 0 Å². The number of aromatic hydroxyl groups is 1. The highest BCUT2D eigenvalue weighted by atomic mass is 16.3. The van der Waals surface area contributed by atoms with Crippen molar-refractivity contribution in [2.75, 3.05) is 18.0 Å². The molecule has 0 atom stereocenters. The van der Waals surface area contributed by atoms with E-state index in [0.29, 0.717) is 18.4 Å². The third-order valence-corrected chi connectivity index (χ3v) is 4.64. The number of hydrogen-bond acceptors (Lipinski definition) is 5. The zero-order valence-electron chi connectivity index (χ0n) is 13.7. The van der Waals surface area contributed by atoms with Crippen LogP contribution in [0.15, 0.2) is 41.0 Å². The van der Waals surface area contributed by atoms with Crippen LogP contribution in [-0.4, -0.2) is 30.1 Å². The second kappa shape index (κ2) is 7.38. The largest absolute Gasteiger partial charge is 0.508 e. The van der Waals surface area contributed by atoms with Crippen molar-refractivity contribution in [1.29, 1.82) is 0 Å². The van der Waals surface area contributed by atoms with Crippen LogP contribution >= 0.6 is 0 Å². The molecule has 0 radical (unpaired) electrons. The lowest BCUT2D eigenvalue weighted by Gasteiger charge is -2.30. The molecule has 0 spiro atoms. The monoisotopic (exact) mass is 328 g/mol. The summed E-state index contributed by atoms with van der Waals surface area (Å²) in [5, 5.41) is 12.9. The number of guanidine groups is 1. The number of nitrogens with zero attached hydrogens (tertiary/aromatic N) is 2. The number of nitrogens with one attached hydrogen (secondary N) is 1. The molecule has 1 saturated carbocycles. The minimum absolute atomic E-state index is 0.220. The topological polar surface area (TPSA) is 91.0 Å². The lowest BCUT2D eigenvalue weighted by Crippen LogP contribution is -2.46. The number of amides is 1. The molecule has 1 heterocycles. The number of nitrogens with two attached hydrogens (primary N) is 1. The highest BCUT2D eigenvalue weighted by Crippen LogP contribution is 2.24. The first-order valence-electron chi connectivity index (χ1n) is 8.52. The van der Waals surface area contributed by atoms with Crippen LogP contribution in [-0.2, 0) is 4.79 Å². The van der Waals surface area contributed by atoms with Gasteiger partial charge in [-0.25, -0.2) is 4.99 Å². The Morgan fingerprint density at radius 3 is 2.62 bits per heavy atom. The van der Waals surface area contributed by atoms with Gasteiger partial charge in [0.25, 0.3) is 5.91 Å². The van der Waals surface area contributed by atoms with Gasteiger partial charge in [0, 0.05) is 18.8 Å². The van der Waals surface area contributed by atoms with E-state index >= 15 is 0 Å². The van der Waals surface area contributed by atoms with Gasteiger partial charge in [-0.15, -0.1) is 0 Å². The molecule has 4 N–H and O–H groups in total. The summed E-state index contributed by atoms with van der Waals surface area (Å²) in [6.07, 6.45) is 8.09. The Labute approximate surface area is 142 Å². The Kier molecular flexibility index (Phi) is 5.03. The summed E-state index contributed by atoms with van der Waals surface area (Å²) in [6, 6.07) is 6.94. The van der Waals surface area contributed by atoms with Crippen LogP contribution < -0.4 is 16.0 Å². The third kappa shape index (κ3) is 3.88. The fraction of sp³-hybridized carbons (Fsp3) is 0.444. The molecule has 24 heavy (non-hydrogen) atoms. The molecule has 0 saturated heterocycles. The third-order valence-electron chi connectivity index (χ3n) is 4.64. The molecule has 1 aromatic rings. The smallest absolute Gasteiger partial charge is 0.267 e. The van der Waals surface area contributed by atoms with E-state index in [9.17, 15) is 9.90 Å². The number of aliphatic imine (C=N–C) groups is 1. The van der Waals surface area contributed by atoms with Gasteiger partial charge in [-0.2, -0.15) is 0 Å². The van der Waals surface area contributed by atoms with E-state index in [-0.39, 0.29) is 11.4 Å². The lowest BCUT2D eigenvalue weighted by molar-refractivity contribution is -0.114. The van der Waals surface area contributed by atoms with Gasteiger partial charge in [-0.1, -0.05) is 19.3 Å². The Bertz CT molecular complexity index is 645. The van der Waals surface area contributed by atoms with Crippen molar-refractivity contribution in [3.63, 3.8) is 0 Å². The van der Waals surface area contributed by atoms with E-state index in [2.05, 4.69) is 10.3 Å². The van der Waals surface area contributed by atoms with Gasteiger partial charge in [0.05, 0.1) is 0 Å². The zero-order chi connectivity index (χ0) is 16.9. The highest BCUT2D eigenvalue weighted by Gasteiger charge is 2.21. The molecule has 6 nitrogen and oxygen atoms in total. The highest BCUT2D eigenvalue weighted by molar-refractivity contribution is 6.03. The van der Waals surface area contributed by atoms with Crippen molar-refractivity contribution >= 4 is 17.6 Å². The van der Waals surface area contributed by atoms with Crippen LogP contribution in [0, 0.1) is 5.92 Å².